The van der Waals surface area contributed by atoms with Gasteiger partial charge in [0, 0.05) is 21.8 Å². The van der Waals surface area contributed by atoms with Crippen LogP contribution in [0.5, 0.6) is 0 Å². The first-order valence-corrected chi connectivity index (χ1v) is 8.10. The van der Waals surface area contributed by atoms with E-state index in [4.69, 9.17) is 0 Å². The van der Waals surface area contributed by atoms with Crippen molar-refractivity contribution in [2.24, 2.45) is 0 Å². The van der Waals surface area contributed by atoms with E-state index in [0.717, 1.165) is 14.7 Å². The Hall–Kier alpha value is -2.73. The molecule has 0 spiro atoms. The van der Waals surface area contributed by atoms with Gasteiger partial charge < -0.3 is 5.32 Å². The molecule has 1 aromatic heterocycles. The highest BCUT2D eigenvalue weighted by atomic mass is 79.9. The summed E-state index contributed by atoms with van der Waals surface area (Å²) in [5.74, 6) is -0.312. The number of carbonyl (C=O) groups excluding carboxylic acids is 1. The first-order valence-electron chi connectivity index (χ1n) is 7.31. The summed E-state index contributed by atoms with van der Waals surface area (Å²) in [4.78, 5) is 24.1. The summed E-state index contributed by atoms with van der Waals surface area (Å²) in [6.45, 7) is -0.147. The summed E-state index contributed by atoms with van der Waals surface area (Å²) >= 11 is 3.35. The van der Waals surface area contributed by atoms with Crippen molar-refractivity contribution in [1.29, 1.82) is 0 Å². The van der Waals surface area contributed by atoms with Crippen molar-refractivity contribution in [3.8, 4) is 11.3 Å². The van der Waals surface area contributed by atoms with Crippen molar-refractivity contribution >= 4 is 27.5 Å². The third kappa shape index (κ3) is 3.97. The Morgan fingerprint density at radius 2 is 1.83 bits per heavy atom. The van der Waals surface area contributed by atoms with Crippen molar-refractivity contribution < 1.29 is 4.79 Å². The Bertz CT molecular complexity index is 923. The van der Waals surface area contributed by atoms with Gasteiger partial charge in [-0.3, -0.25) is 9.59 Å². The summed E-state index contributed by atoms with van der Waals surface area (Å²) in [5.41, 5.74) is 1.87. The number of anilines is 1. The van der Waals surface area contributed by atoms with Crippen LogP contribution in [0.1, 0.15) is 0 Å². The van der Waals surface area contributed by atoms with Crippen molar-refractivity contribution in [2.75, 3.05) is 5.32 Å². The Labute approximate surface area is 147 Å². The lowest BCUT2D eigenvalue weighted by atomic mass is 10.1. The number of nitrogens with one attached hydrogen (secondary N) is 1. The molecule has 1 N–H and O–H groups in total. The van der Waals surface area contributed by atoms with Crippen molar-refractivity contribution in [2.45, 2.75) is 6.54 Å². The Balaban J connectivity index is 1.79. The molecule has 6 heteroatoms. The van der Waals surface area contributed by atoms with Crippen molar-refractivity contribution in [3.05, 3.63) is 81.6 Å². The second-order valence-electron chi connectivity index (χ2n) is 5.14. The Morgan fingerprint density at radius 3 is 2.58 bits per heavy atom. The molecule has 0 saturated carbocycles. The maximum Gasteiger partial charge on any atom is 0.267 e. The fraction of sp³-hybridized carbons (Fsp3) is 0.0556. The van der Waals surface area contributed by atoms with Crippen LogP contribution in [0.3, 0.4) is 0 Å². The molecule has 120 valence electrons. The summed E-state index contributed by atoms with van der Waals surface area (Å²) in [6.07, 6.45) is 0. The van der Waals surface area contributed by atoms with Gasteiger partial charge in [0.25, 0.3) is 5.56 Å². The molecule has 0 aliphatic heterocycles. The molecule has 1 heterocycles. The van der Waals surface area contributed by atoms with Crippen LogP contribution in [-0.2, 0) is 11.3 Å². The number of carbonyl (C=O) groups is 1. The summed E-state index contributed by atoms with van der Waals surface area (Å²) in [5, 5.41) is 7.02. The minimum absolute atomic E-state index is 0.147. The van der Waals surface area contributed by atoms with Gasteiger partial charge in [-0.25, -0.2) is 4.68 Å². The van der Waals surface area contributed by atoms with E-state index >= 15 is 0 Å². The summed E-state index contributed by atoms with van der Waals surface area (Å²) in [7, 11) is 0. The lowest BCUT2D eigenvalue weighted by Gasteiger charge is -2.08. The molecule has 3 rings (SSSR count). The second-order valence-corrected chi connectivity index (χ2v) is 6.05. The van der Waals surface area contributed by atoms with Gasteiger partial charge in [-0.2, -0.15) is 5.10 Å². The second kappa shape index (κ2) is 7.23. The van der Waals surface area contributed by atoms with E-state index in [1.54, 1.807) is 18.2 Å². The monoisotopic (exact) mass is 383 g/mol. The Kier molecular flexibility index (Phi) is 4.86. The van der Waals surface area contributed by atoms with Crippen LogP contribution in [0.15, 0.2) is 76.0 Å². The van der Waals surface area contributed by atoms with Gasteiger partial charge in [0.15, 0.2) is 0 Å². The van der Waals surface area contributed by atoms with Gasteiger partial charge in [0.2, 0.25) is 5.91 Å². The third-order valence-electron chi connectivity index (χ3n) is 3.34. The molecule has 0 atom stereocenters. The number of nitrogens with zero attached hydrogens (tertiary/aromatic N) is 2. The molecule has 24 heavy (non-hydrogen) atoms. The van der Waals surface area contributed by atoms with E-state index in [1.807, 2.05) is 42.5 Å². The SMILES string of the molecule is O=C(Cn1nc(-c2ccccc2)ccc1=O)Nc1cccc(Br)c1. The van der Waals surface area contributed by atoms with Gasteiger partial charge in [0.05, 0.1) is 5.69 Å². The number of aromatic nitrogens is 2. The molecule has 0 aliphatic rings. The van der Waals surface area contributed by atoms with Crippen LogP contribution < -0.4 is 10.9 Å². The third-order valence-corrected chi connectivity index (χ3v) is 3.83. The number of hydrogen-bond acceptors (Lipinski definition) is 3. The lowest BCUT2D eigenvalue weighted by Crippen LogP contribution is -2.29. The highest BCUT2D eigenvalue weighted by Gasteiger charge is 2.08. The van der Waals surface area contributed by atoms with Crippen LogP contribution in [-0.4, -0.2) is 15.7 Å². The maximum atomic E-state index is 12.2. The Morgan fingerprint density at radius 1 is 1.04 bits per heavy atom. The van der Waals surface area contributed by atoms with E-state index in [0.29, 0.717) is 11.4 Å². The first-order chi connectivity index (χ1) is 11.6. The average Bonchev–Trinajstić information content (AvgIpc) is 2.57. The molecule has 3 aromatic rings. The van der Waals surface area contributed by atoms with Crippen LogP contribution >= 0.6 is 15.9 Å². The van der Waals surface area contributed by atoms with Gasteiger partial charge in [-0.15, -0.1) is 0 Å². The molecule has 0 radical (unpaired) electrons. The lowest BCUT2D eigenvalue weighted by molar-refractivity contribution is -0.117. The molecule has 0 aliphatic carbocycles. The maximum absolute atomic E-state index is 12.2. The molecule has 1 amide bonds. The van der Waals surface area contributed by atoms with Crippen LogP contribution in [0.4, 0.5) is 5.69 Å². The summed E-state index contributed by atoms with van der Waals surface area (Å²) in [6, 6.07) is 19.8. The first kappa shape index (κ1) is 16.1. The fourth-order valence-electron chi connectivity index (χ4n) is 2.23. The molecule has 5 nitrogen and oxygen atoms in total. The number of benzene rings is 2. The molecular formula is C18H14BrN3O2. The van der Waals surface area contributed by atoms with Crippen LogP contribution in [0, 0.1) is 0 Å². The smallest absolute Gasteiger partial charge is 0.267 e. The molecule has 2 aromatic carbocycles. The van der Waals surface area contributed by atoms with E-state index in [2.05, 4.69) is 26.3 Å². The van der Waals surface area contributed by atoms with Crippen molar-refractivity contribution in [1.82, 2.24) is 9.78 Å². The van der Waals surface area contributed by atoms with E-state index in [1.165, 1.54) is 6.07 Å². The van der Waals surface area contributed by atoms with Crippen LogP contribution in [0.25, 0.3) is 11.3 Å². The van der Waals surface area contributed by atoms with Gasteiger partial charge >= 0.3 is 0 Å². The average molecular weight is 384 g/mol. The number of amides is 1. The molecule has 0 unspecified atom stereocenters. The zero-order valence-corrected chi connectivity index (χ0v) is 14.2. The zero-order valence-electron chi connectivity index (χ0n) is 12.6. The van der Waals surface area contributed by atoms with Gasteiger partial charge in [-0.05, 0) is 24.3 Å². The fourth-order valence-corrected chi connectivity index (χ4v) is 2.63. The van der Waals surface area contributed by atoms with E-state index in [-0.39, 0.29) is 18.0 Å². The normalized spacial score (nSPS) is 10.4. The number of hydrogen-bond donors (Lipinski definition) is 1. The quantitative estimate of drug-likeness (QED) is 0.751. The topological polar surface area (TPSA) is 64.0 Å². The van der Waals surface area contributed by atoms with E-state index in [9.17, 15) is 9.59 Å². The molecule has 0 fully saturated rings. The predicted octanol–water partition coefficient (Wildman–Crippen LogP) is 3.31. The highest BCUT2D eigenvalue weighted by molar-refractivity contribution is 9.10. The zero-order chi connectivity index (χ0) is 16.9. The minimum atomic E-state index is -0.320. The summed E-state index contributed by atoms with van der Waals surface area (Å²) < 4.78 is 2.03. The largest absolute Gasteiger partial charge is 0.324 e. The number of halogens is 1. The molecular weight excluding hydrogens is 370 g/mol. The highest BCUT2D eigenvalue weighted by Crippen LogP contribution is 2.16. The van der Waals surface area contributed by atoms with Crippen LogP contribution in [0.2, 0.25) is 0 Å². The molecule has 0 bridgehead atoms. The van der Waals surface area contributed by atoms with E-state index < -0.39 is 0 Å². The standard InChI is InChI=1S/C18H14BrN3O2/c19-14-7-4-8-15(11-14)20-17(23)12-22-18(24)10-9-16(21-22)13-5-2-1-3-6-13/h1-11H,12H2,(H,20,23). The number of rotatable bonds is 4. The molecule has 0 saturated heterocycles. The van der Waals surface area contributed by atoms with Crippen molar-refractivity contribution in [3.63, 3.8) is 0 Å². The van der Waals surface area contributed by atoms with Gasteiger partial charge in [0.1, 0.15) is 6.54 Å². The predicted molar refractivity (Wildman–Crippen MR) is 96.7 cm³/mol. The minimum Gasteiger partial charge on any atom is -0.324 e. The van der Waals surface area contributed by atoms with Gasteiger partial charge in [-0.1, -0.05) is 52.3 Å².